The zero-order valence-electron chi connectivity index (χ0n) is 17.3. The third kappa shape index (κ3) is 6.08. The molecule has 0 bridgehead atoms. The number of Topliss-reactive ketones (excluding diaryl/α,β-unsaturated/α-hetero) is 1. The van der Waals surface area contributed by atoms with E-state index in [2.05, 4.69) is 11.5 Å². The first kappa shape index (κ1) is 23.9. The summed E-state index contributed by atoms with van der Waals surface area (Å²) in [6, 6.07) is -0.233. The summed E-state index contributed by atoms with van der Waals surface area (Å²) in [4.78, 5) is 14.4. The summed E-state index contributed by atoms with van der Waals surface area (Å²) < 4.78 is 22.6. The summed E-state index contributed by atoms with van der Waals surface area (Å²) in [5.41, 5.74) is 0.262. The third-order valence-electron chi connectivity index (χ3n) is 5.41. The van der Waals surface area contributed by atoms with Gasteiger partial charge in [-0.15, -0.1) is 0 Å². The molecule has 0 amide bonds. The molecule has 2 aliphatic rings. The first-order chi connectivity index (χ1) is 13.8. The van der Waals surface area contributed by atoms with E-state index in [-0.39, 0.29) is 36.5 Å². The fourth-order valence-electron chi connectivity index (χ4n) is 3.64. The van der Waals surface area contributed by atoms with Crippen LogP contribution in [0.25, 0.3) is 0 Å². The molecule has 0 aromatic rings. The highest BCUT2D eigenvalue weighted by Crippen LogP contribution is 2.29. The van der Waals surface area contributed by atoms with Crippen molar-refractivity contribution >= 4 is 5.78 Å². The molecule has 3 N–H and O–H groups in total. The number of carbonyl (C=O) groups excluding carboxylic acids is 1. The van der Waals surface area contributed by atoms with E-state index in [0.717, 1.165) is 6.26 Å². The molecule has 0 spiro atoms. The Bertz CT molecular complexity index is 595. The quantitative estimate of drug-likeness (QED) is 0.366. The Balaban J connectivity index is 2.09. The van der Waals surface area contributed by atoms with Gasteiger partial charge in [-0.2, -0.15) is 0 Å². The minimum Gasteiger partial charge on any atom is -0.515 e. The molecular weight excluding hydrogens is 382 g/mol. The predicted octanol–water partition coefficient (Wildman–Crippen LogP) is 0.510. The maximum absolute atomic E-state index is 12.3. The van der Waals surface area contributed by atoms with Gasteiger partial charge in [0.15, 0.2) is 18.4 Å². The normalized spacial score (nSPS) is 32.7. The Hall–Kier alpha value is -1.33. The SMILES string of the molecule is C=C(C(=O)C(C)=CO)[C@H](CCO)OC1C[C@@H](N2CCO[C@H](OC)C2)[C@H](O)[C@H](C)O1. The maximum Gasteiger partial charge on any atom is 0.189 e. The average Bonchev–Trinajstić information content (AvgIpc) is 2.74. The number of allylic oxidation sites excluding steroid dienone is 1. The van der Waals surface area contributed by atoms with Crippen LogP contribution < -0.4 is 0 Å². The van der Waals surface area contributed by atoms with Crippen molar-refractivity contribution in [1.82, 2.24) is 4.90 Å². The largest absolute Gasteiger partial charge is 0.515 e. The van der Waals surface area contributed by atoms with Gasteiger partial charge in [0.2, 0.25) is 0 Å². The van der Waals surface area contributed by atoms with Gasteiger partial charge in [0.05, 0.1) is 31.2 Å². The van der Waals surface area contributed by atoms with Crippen molar-refractivity contribution in [3.63, 3.8) is 0 Å². The van der Waals surface area contributed by atoms with Gasteiger partial charge in [-0.05, 0) is 13.8 Å². The predicted molar refractivity (Wildman–Crippen MR) is 104 cm³/mol. The van der Waals surface area contributed by atoms with Gasteiger partial charge >= 0.3 is 0 Å². The molecule has 1 unspecified atom stereocenters. The van der Waals surface area contributed by atoms with Crippen LogP contribution in [0.5, 0.6) is 0 Å². The van der Waals surface area contributed by atoms with E-state index in [1.165, 1.54) is 6.92 Å². The van der Waals surface area contributed by atoms with Gasteiger partial charge in [0, 0.05) is 56.8 Å². The van der Waals surface area contributed by atoms with Gasteiger partial charge in [-0.25, -0.2) is 0 Å². The fourth-order valence-corrected chi connectivity index (χ4v) is 3.64. The van der Waals surface area contributed by atoms with Crippen LogP contribution in [0.15, 0.2) is 24.0 Å². The van der Waals surface area contributed by atoms with Crippen LogP contribution in [0, 0.1) is 0 Å². The van der Waals surface area contributed by atoms with Gasteiger partial charge in [0.25, 0.3) is 0 Å². The van der Waals surface area contributed by atoms with Gasteiger partial charge in [0.1, 0.15) is 0 Å². The number of ether oxygens (including phenoxy) is 4. The van der Waals surface area contributed by atoms with E-state index in [1.807, 2.05) is 0 Å². The molecule has 0 aliphatic carbocycles. The number of carbonyl (C=O) groups is 1. The lowest BCUT2D eigenvalue weighted by Crippen LogP contribution is -2.59. The summed E-state index contributed by atoms with van der Waals surface area (Å²) in [5, 5.41) is 29.1. The molecule has 9 nitrogen and oxygen atoms in total. The number of hydrogen-bond donors (Lipinski definition) is 3. The second-order valence-electron chi connectivity index (χ2n) is 7.40. The maximum atomic E-state index is 12.3. The molecule has 2 rings (SSSR count). The highest BCUT2D eigenvalue weighted by Gasteiger charge is 2.41. The standard InChI is InChI=1S/C20H33NO8/c1-12(11-23)19(24)13(2)16(5-7-22)29-17-9-15(20(25)14(3)28-17)21-6-8-27-18(10-21)26-4/h11,14-18,20,22-23,25H,2,5-10H2,1,3-4H3/t14-,15+,16-,17?,18-,20+/m0/s1. The van der Waals surface area contributed by atoms with Crippen molar-refractivity contribution < 1.29 is 39.1 Å². The zero-order chi connectivity index (χ0) is 21.6. The molecule has 2 saturated heterocycles. The van der Waals surface area contributed by atoms with Crippen molar-refractivity contribution in [2.24, 2.45) is 0 Å². The monoisotopic (exact) mass is 415 g/mol. The summed E-state index contributed by atoms with van der Waals surface area (Å²) in [7, 11) is 1.58. The molecule has 0 radical (unpaired) electrons. The second kappa shape index (κ2) is 11.2. The van der Waals surface area contributed by atoms with Gasteiger partial charge < -0.3 is 34.3 Å². The second-order valence-corrected chi connectivity index (χ2v) is 7.40. The molecule has 0 aromatic carbocycles. The number of aliphatic hydroxyl groups excluding tert-OH is 3. The molecule has 2 aliphatic heterocycles. The Morgan fingerprint density at radius 3 is 2.76 bits per heavy atom. The van der Waals surface area contributed by atoms with E-state index >= 15 is 0 Å². The smallest absolute Gasteiger partial charge is 0.189 e. The lowest BCUT2D eigenvalue weighted by atomic mass is 9.96. The topological polar surface area (TPSA) is 118 Å². The summed E-state index contributed by atoms with van der Waals surface area (Å²) in [6.07, 6.45) is -1.77. The average molecular weight is 415 g/mol. The van der Waals surface area contributed by atoms with Gasteiger partial charge in [-0.3, -0.25) is 9.69 Å². The van der Waals surface area contributed by atoms with Crippen molar-refractivity contribution in [1.29, 1.82) is 0 Å². The minimum absolute atomic E-state index is 0.131. The number of aliphatic hydroxyl groups is 3. The molecule has 6 atom stereocenters. The van der Waals surface area contributed by atoms with Crippen LogP contribution >= 0.6 is 0 Å². The Morgan fingerprint density at radius 1 is 1.41 bits per heavy atom. The van der Waals surface area contributed by atoms with Crippen molar-refractivity contribution in [2.45, 2.75) is 63.6 Å². The number of nitrogens with zero attached hydrogens (tertiary/aromatic N) is 1. The van der Waals surface area contributed by atoms with Crippen molar-refractivity contribution in [2.75, 3.05) is 33.4 Å². The minimum atomic E-state index is -0.771. The molecule has 2 fully saturated rings. The summed E-state index contributed by atoms with van der Waals surface area (Å²) in [5.74, 6) is -0.442. The molecular formula is C20H33NO8. The highest BCUT2D eigenvalue weighted by atomic mass is 16.7. The van der Waals surface area contributed by atoms with Crippen molar-refractivity contribution in [3.05, 3.63) is 24.0 Å². The van der Waals surface area contributed by atoms with Crippen LogP contribution in [-0.2, 0) is 23.7 Å². The Morgan fingerprint density at radius 2 is 2.14 bits per heavy atom. The first-order valence-corrected chi connectivity index (χ1v) is 9.85. The van der Waals surface area contributed by atoms with Crippen LogP contribution in [-0.4, -0.2) is 96.3 Å². The molecule has 29 heavy (non-hydrogen) atoms. The molecule has 2 heterocycles. The van der Waals surface area contributed by atoms with Crippen LogP contribution in [0.1, 0.15) is 26.7 Å². The number of hydrogen-bond acceptors (Lipinski definition) is 9. The van der Waals surface area contributed by atoms with E-state index in [1.54, 1.807) is 14.0 Å². The Labute approximate surface area is 171 Å². The molecule has 0 aromatic heterocycles. The lowest BCUT2D eigenvalue weighted by molar-refractivity contribution is -0.258. The van der Waals surface area contributed by atoms with Crippen LogP contribution in [0.2, 0.25) is 0 Å². The number of methoxy groups -OCH3 is 1. The highest BCUT2D eigenvalue weighted by molar-refractivity contribution is 6.07. The lowest BCUT2D eigenvalue weighted by Gasteiger charge is -2.46. The molecule has 166 valence electrons. The van der Waals surface area contributed by atoms with Crippen LogP contribution in [0.3, 0.4) is 0 Å². The zero-order valence-corrected chi connectivity index (χ0v) is 17.3. The van der Waals surface area contributed by atoms with E-state index in [4.69, 9.17) is 24.1 Å². The fraction of sp³-hybridized carbons (Fsp3) is 0.750. The van der Waals surface area contributed by atoms with E-state index in [9.17, 15) is 15.0 Å². The number of morpholine rings is 1. The van der Waals surface area contributed by atoms with E-state index < -0.39 is 30.4 Å². The van der Waals surface area contributed by atoms with Crippen LogP contribution in [0.4, 0.5) is 0 Å². The molecule has 9 heteroatoms. The molecule has 0 saturated carbocycles. The first-order valence-electron chi connectivity index (χ1n) is 9.85. The van der Waals surface area contributed by atoms with Gasteiger partial charge in [-0.1, -0.05) is 6.58 Å². The number of rotatable bonds is 9. The summed E-state index contributed by atoms with van der Waals surface area (Å²) in [6.45, 7) is 8.48. The summed E-state index contributed by atoms with van der Waals surface area (Å²) >= 11 is 0. The number of ketones is 1. The Kier molecular flexibility index (Phi) is 9.22. The van der Waals surface area contributed by atoms with E-state index in [0.29, 0.717) is 26.1 Å². The van der Waals surface area contributed by atoms with Crippen molar-refractivity contribution in [3.8, 4) is 0 Å². The third-order valence-corrected chi connectivity index (χ3v) is 5.41.